The molecule has 0 aromatic heterocycles. The molecule has 1 amide bonds. The zero-order chi connectivity index (χ0) is 22.8. The zero-order valence-electron chi connectivity index (χ0n) is 19.9. The van der Waals surface area contributed by atoms with Gasteiger partial charge in [0.05, 0.1) is 20.6 Å². The number of amides is 1. The normalized spacial score (nSPS) is 19.8. The Kier molecular flexibility index (Phi) is 7.73. The fourth-order valence-corrected chi connectivity index (χ4v) is 5.26. The first kappa shape index (κ1) is 24.5. The Morgan fingerprint density at radius 3 is 2.53 bits per heavy atom. The van der Waals surface area contributed by atoms with Crippen LogP contribution >= 0.6 is 12.4 Å². The van der Waals surface area contributed by atoms with E-state index in [1.165, 1.54) is 11.1 Å². The summed E-state index contributed by atoms with van der Waals surface area (Å²) in [5, 5.41) is 0. The summed E-state index contributed by atoms with van der Waals surface area (Å²) in [6.45, 7) is 4.80. The number of halogens is 1. The number of ether oxygens (including phenoxy) is 4. The number of nitrogens with zero attached hydrogens (tertiary/aromatic N) is 2. The molecule has 1 saturated heterocycles. The molecule has 0 N–H and O–H groups in total. The Morgan fingerprint density at radius 1 is 1.00 bits per heavy atom. The van der Waals surface area contributed by atoms with Crippen molar-refractivity contribution in [3.8, 4) is 23.0 Å². The van der Waals surface area contributed by atoms with Crippen LogP contribution < -0.4 is 18.9 Å². The molecule has 2 aromatic carbocycles. The minimum atomic E-state index is 0. The lowest BCUT2D eigenvalue weighted by molar-refractivity contribution is -0.131. The first-order valence-corrected chi connectivity index (χ1v) is 11.8. The molecule has 3 aliphatic rings. The van der Waals surface area contributed by atoms with Gasteiger partial charge in [0.1, 0.15) is 0 Å². The SMILES string of the molecule is COc1ccc(CN2CCCC(CN3CCc4cc5c(cc4CC3=O)OCO5)C2)cc1OC.Cl. The smallest absolute Gasteiger partial charge is 0.231 e. The molecule has 34 heavy (non-hydrogen) atoms. The molecule has 3 aliphatic heterocycles. The fourth-order valence-electron chi connectivity index (χ4n) is 5.26. The average molecular weight is 489 g/mol. The van der Waals surface area contributed by atoms with Crippen molar-refractivity contribution in [3.05, 3.63) is 47.0 Å². The van der Waals surface area contributed by atoms with Crippen LogP contribution in [0.5, 0.6) is 23.0 Å². The van der Waals surface area contributed by atoms with Crippen LogP contribution in [-0.4, -0.2) is 62.9 Å². The van der Waals surface area contributed by atoms with Gasteiger partial charge in [0.2, 0.25) is 12.7 Å². The van der Waals surface area contributed by atoms with Crippen molar-refractivity contribution in [2.45, 2.75) is 32.2 Å². The number of hydrogen-bond acceptors (Lipinski definition) is 6. The summed E-state index contributed by atoms with van der Waals surface area (Å²) < 4.78 is 21.9. The predicted molar refractivity (Wildman–Crippen MR) is 131 cm³/mol. The van der Waals surface area contributed by atoms with Gasteiger partial charge in [-0.15, -0.1) is 12.4 Å². The molecule has 0 radical (unpaired) electrons. The second kappa shape index (κ2) is 10.7. The second-order valence-electron chi connectivity index (χ2n) is 9.17. The van der Waals surface area contributed by atoms with Crippen LogP contribution in [0.4, 0.5) is 0 Å². The van der Waals surface area contributed by atoms with Gasteiger partial charge >= 0.3 is 0 Å². The van der Waals surface area contributed by atoms with Crippen molar-refractivity contribution < 1.29 is 23.7 Å². The lowest BCUT2D eigenvalue weighted by Crippen LogP contribution is -2.43. The number of methoxy groups -OCH3 is 2. The molecule has 184 valence electrons. The van der Waals surface area contributed by atoms with Gasteiger partial charge in [-0.05, 0) is 72.7 Å². The van der Waals surface area contributed by atoms with Gasteiger partial charge in [-0.25, -0.2) is 0 Å². The molecule has 0 spiro atoms. The molecule has 7 nitrogen and oxygen atoms in total. The van der Waals surface area contributed by atoms with E-state index in [9.17, 15) is 4.79 Å². The van der Waals surface area contributed by atoms with E-state index >= 15 is 0 Å². The minimum Gasteiger partial charge on any atom is -0.493 e. The number of likely N-dealkylation sites (tertiary alicyclic amines) is 1. The van der Waals surface area contributed by atoms with E-state index in [0.717, 1.165) is 80.5 Å². The molecular weight excluding hydrogens is 456 g/mol. The Balaban J connectivity index is 0.00000274. The molecule has 8 heteroatoms. The van der Waals surface area contributed by atoms with E-state index < -0.39 is 0 Å². The first-order valence-electron chi connectivity index (χ1n) is 11.8. The summed E-state index contributed by atoms with van der Waals surface area (Å²) in [5.41, 5.74) is 3.49. The number of fused-ring (bicyclic) bond motifs is 2. The number of rotatable bonds is 6. The van der Waals surface area contributed by atoms with Gasteiger partial charge < -0.3 is 23.8 Å². The van der Waals surface area contributed by atoms with E-state index in [-0.39, 0.29) is 25.1 Å². The van der Waals surface area contributed by atoms with E-state index in [0.29, 0.717) is 12.3 Å². The van der Waals surface area contributed by atoms with E-state index in [2.05, 4.69) is 28.0 Å². The zero-order valence-corrected chi connectivity index (χ0v) is 20.7. The number of benzene rings is 2. The maximum Gasteiger partial charge on any atom is 0.231 e. The number of carbonyl (C=O) groups excluding carboxylic acids is 1. The highest BCUT2D eigenvalue weighted by Crippen LogP contribution is 2.36. The van der Waals surface area contributed by atoms with Crippen molar-refractivity contribution in [2.75, 3.05) is 47.2 Å². The third kappa shape index (κ3) is 5.20. The van der Waals surface area contributed by atoms with Crippen LogP contribution in [0.1, 0.15) is 29.5 Å². The predicted octanol–water partition coefficient (Wildman–Crippen LogP) is 3.69. The van der Waals surface area contributed by atoms with Crippen LogP contribution in [-0.2, 0) is 24.2 Å². The lowest BCUT2D eigenvalue weighted by Gasteiger charge is -2.35. The van der Waals surface area contributed by atoms with Gasteiger partial charge in [-0.1, -0.05) is 6.07 Å². The Hall–Kier alpha value is -2.64. The van der Waals surface area contributed by atoms with Gasteiger partial charge in [0.15, 0.2) is 23.0 Å². The highest BCUT2D eigenvalue weighted by Gasteiger charge is 2.28. The molecule has 3 heterocycles. The summed E-state index contributed by atoms with van der Waals surface area (Å²) in [6.07, 6.45) is 3.62. The van der Waals surface area contributed by atoms with Crippen molar-refractivity contribution in [1.29, 1.82) is 0 Å². The topological polar surface area (TPSA) is 60.5 Å². The van der Waals surface area contributed by atoms with Gasteiger partial charge in [0.25, 0.3) is 0 Å². The highest BCUT2D eigenvalue weighted by molar-refractivity contribution is 5.85. The van der Waals surface area contributed by atoms with Gasteiger partial charge in [0, 0.05) is 26.2 Å². The van der Waals surface area contributed by atoms with Crippen molar-refractivity contribution in [2.24, 2.45) is 5.92 Å². The molecule has 1 unspecified atom stereocenters. The summed E-state index contributed by atoms with van der Waals surface area (Å²) in [7, 11) is 3.33. The Bertz CT molecular complexity index is 1030. The van der Waals surface area contributed by atoms with E-state index in [1.54, 1.807) is 14.2 Å². The molecule has 1 fully saturated rings. The highest BCUT2D eigenvalue weighted by atomic mass is 35.5. The maximum absolute atomic E-state index is 13.1. The number of piperidine rings is 1. The van der Waals surface area contributed by atoms with Crippen LogP contribution in [0.15, 0.2) is 30.3 Å². The van der Waals surface area contributed by atoms with Crippen molar-refractivity contribution in [3.63, 3.8) is 0 Å². The van der Waals surface area contributed by atoms with Gasteiger partial charge in [-0.3, -0.25) is 9.69 Å². The molecule has 0 aliphatic carbocycles. The monoisotopic (exact) mass is 488 g/mol. The largest absolute Gasteiger partial charge is 0.493 e. The summed E-state index contributed by atoms with van der Waals surface area (Å²) in [5.74, 6) is 3.77. The summed E-state index contributed by atoms with van der Waals surface area (Å²) in [4.78, 5) is 17.6. The fraction of sp³-hybridized carbons (Fsp3) is 0.500. The maximum atomic E-state index is 13.1. The summed E-state index contributed by atoms with van der Waals surface area (Å²) in [6, 6.07) is 10.2. The van der Waals surface area contributed by atoms with Crippen LogP contribution in [0, 0.1) is 5.92 Å². The molecule has 1 atom stereocenters. The summed E-state index contributed by atoms with van der Waals surface area (Å²) >= 11 is 0. The molecule has 5 rings (SSSR count). The molecule has 0 bridgehead atoms. The molecule has 2 aromatic rings. The Labute approximate surface area is 207 Å². The standard InChI is InChI=1S/C26H32N2O5.ClH/c1-30-22-6-5-18(10-23(22)31-2)14-27-8-3-4-19(15-27)16-28-9-7-20-11-24-25(33-17-32-24)12-21(20)13-26(28)29;/h5-6,10-12,19H,3-4,7-9,13-17H2,1-2H3;1H. The van der Waals surface area contributed by atoms with E-state index in [1.807, 2.05) is 12.1 Å². The second-order valence-corrected chi connectivity index (χ2v) is 9.17. The van der Waals surface area contributed by atoms with Crippen LogP contribution in [0.2, 0.25) is 0 Å². The lowest BCUT2D eigenvalue weighted by atomic mass is 9.96. The van der Waals surface area contributed by atoms with Gasteiger partial charge in [-0.2, -0.15) is 0 Å². The van der Waals surface area contributed by atoms with Crippen molar-refractivity contribution >= 4 is 18.3 Å². The third-order valence-corrected chi connectivity index (χ3v) is 6.98. The third-order valence-electron chi connectivity index (χ3n) is 6.98. The van der Waals surface area contributed by atoms with Crippen LogP contribution in [0.25, 0.3) is 0 Å². The quantitative estimate of drug-likeness (QED) is 0.618. The number of carbonyl (C=O) groups is 1. The molecular formula is C26H33ClN2O5. The average Bonchev–Trinajstić information content (AvgIpc) is 3.23. The van der Waals surface area contributed by atoms with Crippen molar-refractivity contribution in [1.82, 2.24) is 9.80 Å². The number of hydrogen-bond donors (Lipinski definition) is 0. The first-order chi connectivity index (χ1) is 16.1. The Morgan fingerprint density at radius 2 is 1.76 bits per heavy atom. The van der Waals surface area contributed by atoms with Crippen LogP contribution in [0.3, 0.4) is 0 Å². The minimum absolute atomic E-state index is 0. The van der Waals surface area contributed by atoms with E-state index in [4.69, 9.17) is 18.9 Å². The molecule has 0 saturated carbocycles.